The molecular weight excluding hydrogens is 446 g/mol. The Hall–Kier alpha value is -3.56. The van der Waals surface area contributed by atoms with E-state index in [1.54, 1.807) is 7.11 Å². The second kappa shape index (κ2) is 11.2. The van der Waals surface area contributed by atoms with Crippen molar-refractivity contribution in [3.8, 4) is 0 Å². The number of piperidine rings is 1. The minimum absolute atomic E-state index is 0.0291. The predicted octanol–water partition coefficient (Wildman–Crippen LogP) is 2.97. The molecule has 1 aromatic heterocycles. The van der Waals surface area contributed by atoms with Crippen LogP contribution in [0.3, 0.4) is 0 Å². The van der Waals surface area contributed by atoms with Crippen molar-refractivity contribution in [2.75, 3.05) is 25.1 Å². The highest BCUT2D eigenvalue weighted by Crippen LogP contribution is 2.23. The molecule has 0 aromatic carbocycles. The van der Waals surface area contributed by atoms with Crippen LogP contribution in [0.1, 0.15) is 51.5 Å². The van der Waals surface area contributed by atoms with E-state index in [4.69, 9.17) is 14.8 Å². The lowest BCUT2D eigenvalue weighted by molar-refractivity contribution is -0.138. The summed E-state index contributed by atoms with van der Waals surface area (Å²) >= 11 is 0. The largest absolute Gasteiger partial charge is 0.481 e. The van der Waals surface area contributed by atoms with E-state index < -0.39 is 5.97 Å². The predicted molar refractivity (Wildman–Crippen MR) is 136 cm³/mol. The van der Waals surface area contributed by atoms with Crippen molar-refractivity contribution in [2.45, 2.75) is 58.2 Å². The van der Waals surface area contributed by atoms with Gasteiger partial charge in [0, 0.05) is 49.2 Å². The molecule has 1 fully saturated rings. The van der Waals surface area contributed by atoms with Crippen molar-refractivity contribution < 1.29 is 14.6 Å². The molecular formula is C25H33N7O3. The summed E-state index contributed by atoms with van der Waals surface area (Å²) in [6, 6.07) is 0.0291. The maximum atomic E-state index is 11.0. The molecule has 2 atom stereocenters. The lowest BCUT2D eigenvalue weighted by atomic mass is 9.94. The van der Waals surface area contributed by atoms with Gasteiger partial charge in [-0.2, -0.15) is 0 Å². The number of ether oxygens (including phenoxy) is 1. The van der Waals surface area contributed by atoms with Crippen LogP contribution in [-0.2, 0) is 9.53 Å². The first-order valence-electron chi connectivity index (χ1n) is 12.1. The molecule has 0 saturated carbocycles. The number of rotatable bonds is 8. The summed E-state index contributed by atoms with van der Waals surface area (Å²) in [6.07, 6.45) is 12.8. The summed E-state index contributed by atoms with van der Waals surface area (Å²) in [5.74, 6) is 1.55. The van der Waals surface area contributed by atoms with Crippen molar-refractivity contribution in [1.82, 2.24) is 15.3 Å². The van der Waals surface area contributed by atoms with E-state index in [1.807, 2.05) is 37.7 Å². The van der Waals surface area contributed by atoms with Crippen LogP contribution in [0.25, 0.3) is 0 Å². The van der Waals surface area contributed by atoms with Gasteiger partial charge in [-0.05, 0) is 38.2 Å². The Labute approximate surface area is 205 Å². The Morgan fingerprint density at radius 1 is 1.29 bits per heavy atom. The number of dihydropyridines is 1. The standard InChI is InChI=1S/C25H33N7O3/c1-4-5-19(26-13-16(2)23-29-20-6-7-21(35-3)30-24(20)31-23)18-14-27-25(28-15-18)32-10-8-17(9-11-32)12-22(33)34/h6-7,13-15,17,20,24H,4-5,8-12H2,1-3H3,(H,29,31)(H,33,34)/b16-13+,26-19?. The molecule has 35 heavy (non-hydrogen) atoms. The highest BCUT2D eigenvalue weighted by atomic mass is 16.5. The van der Waals surface area contributed by atoms with E-state index >= 15 is 0 Å². The number of carboxylic acids is 1. The van der Waals surface area contributed by atoms with Gasteiger partial charge >= 0.3 is 5.97 Å². The van der Waals surface area contributed by atoms with Gasteiger partial charge in [0.15, 0.2) is 6.17 Å². The number of aliphatic carboxylic acids is 1. The first kappa shape index (κ1) is 24.6. The molecule has 4 heterocycles. The zero-order valence-corrected chi connectivity index (χ0v) is 20.5. The van der Waals surface area contributed by atoms with Crippen molar-refractivity contribution in [2.24, 2.45) is 20.9 Å². The summed E-state index contributed by atoms with van der Waals surface area (Å²) in [5.41, 5.74) is 2.75. The second-order valence-electron chi connectivity index (χ2n) is 9.03. The maximum absolute atomic E-state index is 11.0. The zero-order chi connectivity index (χ0) is 24.8. The second-order valence-corrected chi connectivity index (χ2v) is 9.03. The molecule has 1 saturated heterocycles. The summed E-state index contributed by atoms with van der Waals surface area (Å²) < 4.78 is 5.21. The fourth-order valence-electron chi connectivity index (χ4n) is 4.41. The zero-order valence-electron chi connectivity index (χ0n) is 20.5. The molecule has 2 N–H and O–H groups in total. The van der Waals surface area contributed by atoms with Gasteiger partial charge in [-0.25, -0.2) is 20.0 Å². The highest BCUT2D eigenvalue weighted by molar-refractivity contribution is 6.03. The quantitative estimate of drug-likeness (QED) is 0.549. The van der Waals surface area contributed by atoms with Crippen LogP contribution in [0.4, 0.5) is 5.95 Å². The molecule has 0 aliphatic carbocycles. The van der Waals surface area contributed by atoms with Crippen molar-refractivity contribution >= 4 is 29.4 Å². The normalized spacial score (nSPS) is 22.9. The highest BCUT2D eigenvalue weighted by Gasteiger charge is 2.29. The van der Waals surface area contributed by atoms with Crippen LogP contribution in [-0.4, -0.2) is 70.9 Å². The molecule has 0 bridgehead atoms. The minimum Gasteiger partial charge on any atom is -0.481 e. The first-order valence-corrected chi connectivity index (χ1v) is 12.1. The molecule has 10 nitrogen and oxygen atoms in total. The molecule has 2 unspecified atom stereocenters. The van der Waals surface area contributed by atoms with Crippen LogP contribution < -0.4 is 10.2 Å². The Morgan fingerprint density at radius 3 is 2.69 bits per heavy atom. The number of carbonyl (C=O) groups is 1. The molecule has 4 rings (SSSR count). The number of aliphatic imine (C=N–C) groups is 3. The molecule has 10 heteroatoms. The number of amidine groups is 1. The lowest BCUT2D eigenvalue weighted by Gasteiger charge is -2.31. The van der Waals surface area contributed by atoms with Gasteiger partial charge in [-0.3, -0.25) is 9.79 Å². The summed E-state index contributed by atoms with van der Waals surface area (Å²) in [6.45, 7) is 5.65. The number of aromatic nitrogens is 2. The fraction of sp³-hybridized carbons (Fsp3) is 0.520. The third-order valence-corrected chi connectivity index (χ3v) is 6.41. The third-order valence-electron chi connectivity index (χ3n) is 6.41. The number of methoxy groups -OCH3 is 1. The lowest BCUT2D eigenvalue weighted by Crippen LogP contribution is -2.35. The van der Waals surface area contributed by atoms with Gasteiger partial charge in [-0.15, -0.1) is 0 Å². The SMILES string of the molecule is CCCC(=N/C=C(\C)C1=NC2N=C(OC)C=CC2N1)c1cnc(N2CCC(CC(=O)O)CC2)nc1. The molecule has 3 aliphatic heterocycles. The van der Waals surface area contributed by atoms with Crippen molar-refractivity contribution in [3.05, 3.63) is 41.9 Å². The fourth-order valence-corrected chi connectivity index (χ4v) is 4.41. The molecule has 0 spiro atoms. The van der Waals surface area contributed by atoms with E-state index in [0.717, 1.165) is 61.5 Å². The number of nitrogens with one attached hydrogen (secondary N) is 1. The van der Waals surface area contributed by atoms with E-state index in [-0.39, 0.29) is 24.5 Å². The van der Waals surface area contributed by atoms with Gasteiger partial charge in [0.05, 0.1) is 18.9 Å². The molecule has 0 radical (unpaired) electrons. The maximum Gasteiger partial charge on any atom is 0.303 e. The Bertz CT molecular complexity index is 1070. The molecule has 3 aliphatic rings. The summed E-state index contributed by atoms with van der Waals surface area (Å²) in [5, 5.41) is 12.4. The molecule has 0 amide bonds. The van der Waals surface area contributed by atoms with E-state index in [0.29, 0.717) is 11.8 Å². The number of nitrogens with zero attached hydrogens (tertiary/aromatic N) is 6. The van der Waals surface area contributed by atoms with Gasteiger partial charge in [0.25, 0.3) is 0 Å². The summed E-state index contributed by atoms with van der Waals surface area (Å²) in [4.78, 5) is 36.2. The van der Waals surface area contributed by atoms with Crippen LogP contribution >= 0.6 is 0 Å². The van der Waals surface area contributed by atoms with Gasteiger partial charge < -0.3 is 20.1 Å². The van der Waals surface area contributed by atoms with Crippen LogP contribution in [0, 0.1) is 5.92 Å². The monoisotopic (exact) mass is 479 g/mol. The number of fused-ring (bicyclic) bond motifs is 1. The van der Waals surface area contributed by atoms with Crippen LogP contribution in [0.5, 0.6) is 0 Å². The van der Waals surface area contributed by atoms with Gasteiger partial charge in [0.1, 0.15) is 5.84 Å². The average Bonchev–Trinajstić information content (AvgIpc) is 3.30. The number of hydrogen-bond acceptors (Lipinski definition) is 9. The minimum atomic E-state index is -0.726. The van der Waals surface area contributed by atoms with Crippen LogP contribution in [0.15, 0.2) is 51.3 Å². The van der Waals surface area contributed by atoms with E-state index in [9.17, 15) is 4.79 Å². The average molecular weight is 480 g/mol. The van der Waals surface area contributed by atoms with E-state index in [2.05, 4.69) is 37.1 Å². The topological polar surface area (TPSA) is 125 Å². The first-order chi connectivity index (χ1) is 17.0. The Kier molecular flexibility index (Phi) is 7.89. The number of hydrogen-bond donors (Lipinski definition) is 2. The van der Waals surface area contributed by atoms with Crippen LogP contribution in [0.2, 0.25) is 0 Å². The smallest absolute Gasteiger partial charge is 0.303 e. The Morgan fingerprint density at radius 2 is 2.03 bits per heavy atom. The summed E-state index contributed by atoms with van der Waals surface area (Å²) in [7, 11) is 1.60. The van der Waals surface area contributed by atoms with Gasteiger partial charge in [-0.1, -0.05) is 19.4 Å². The number of anilines is 1. The molecule has 1 aromatic rings. The van der Waals surface area contributed by atoms with Crippen molar-refractivity contribution in [3.63, 3.8) is 0 Å². The van der Waals surface area contributed by atoms with Gasteiger partial charge in [0.2, 0.25) is 11.8 Å². The number of carboxylic acid groups (broad SMARTS) is 1. The molecule has 186 valence electrons. The third kappa shape index (κ3) is 6.12. The Balaban J connectivity index is 1.42. The van der Waals surface area contributed by atoms with E-state index in [1.165, 1.54) is 0 Å². The van der Waals surface area contributed by atoms with Crippen molar-refractivity contribution in [1.29, 1.82) is 0 Å².